The minimum Gasteiger partial charge on any atom is -0.399 e. The Balaban J connectivity index is 2.66. The van der Waals surface area contributed by atoms with Crippen LogP contribution in [-0.4, -0.2) is 36.1 Å². The maximum absolute atomic E-state index is 12.6. The molecular weight excluding hydrogens is 252 g/mol. The zero-order valence-corrected chi connectivity index (χ0v) is 12.7. The lowest BCUT2D eigenvalue weighted by atomic mass is 9.83. The molecule has 0 saturated heterocycles. The standard InChI is InChI=1S/C16H26N2O2/c1-16(2,13-7-9-14(17)10-8-13)15(20)18(3)11-5-4-6-12-19/h7-10,19H,4-6,11-12,17H2,1-3H3. The number of carbonyl (C=O) groups is 1. The first-order valence-electron chi connectivity index (χ1n) is 7.12. The van der Waals surface area contributed by atoms with E-state index in [0.717, 1.165) is 31.4 Å². The molecule has 4 nitrogen and oxygen atoms in total. The Morgan fingerprint density at radius 3 is 2.35 bits per heavy atom. The maximum atomic E-state index is 12.6. The molecule has 3 N–H and O–H groups in total. The van der Waals surface area contributed by atoms with E-state index < -0.39 is 5.41 Å². The number of hydrogen-bond acceptors (Lipinski definition) is 3. The average Bonchev–Trinajstić information content (AvgIpc) is 2.43. The predicted octanol–water partition coefficient (Wildman–Crippen LogP) is 2.17. The highest BCUT2D eigenvalue weighted by Gasteiger charge is 2.31. The van der Waals surface area contributed by atoms with Crippen LogP contribution in [0.4, 0.5) is 5.69 Å². The third-order valence-electron chi connectivity index (χ3n) is 3.67. The van der Waals surface area contributed by atoms with Crippen LogP contribution in [-0.2, 0) is 10.2 Å². The van der Waals surface area contributed by atoms with Crippen molar-refractivity contribution in [1.29, 1.82) is 0 Å². The van der Waals surface area contributed by atoms with Crippen LogP contribution in [0.2, 0.25) is 0 Å². The lowest BCUT2D eigenvalue weighted by Crippen LogP contribution is -2.41. The summed E-state index contributed by atoms with van der Waals surface area (Å²) in [7, 11) is 1.83. The number of nitrogens with two attached hydrogens (primary N) is 1. The van der Waals surface area contributed by atoms with Crippen molar-refractivity contribution in [1.82, 2.24) is 4.90 Å². The van der Waals surface area contributed by atoms with E-state index in [4.69, 9.17) is 10.8 Å². The van der Waals surface area contributed by atoms with Gasteiger partial charge in [-0.2, -0.15) is 0 Å². The summed E-state index contributed by atoms with van der Waals surface area (Å²) in [6.07, 6.45) is 2.65. The van der Waals surface area contributed by atoms with Crippen molar-refractivity contribution in [2.24, 2.45) is 0 Å². The summed E-state index contributed by atoms with van der Waals surface area (Å²) in [5.41, 5.74) is 6.80. The van der Waals surface area contributed by atoms with Crippen LogP contribution in [0.3, 0.4) is 0 Å². The summed E-state index contributed by atoms with van der Waals surface area (Å²) in [5.74, 6) is 0.103. The van der Waals surface area contributed by atoms with Gasteiger partial charge in [-0.1, -0.05) is 12.1 Å². The van der Waals surface area contributed by atoms with Gasteiger partial charge >= 0.3 is 0 Å². The second-order valence-electron chi connectivity index (χ2n) is 5.76. The fourth-order valence-corrected chi connectivity index (χ4v) is 2.24. The summed E-state index contributed by atoms with van der Waals surface area (Å²) in [5, 5.41) is 8.75. The van der Waals surface area contributed by atoms with Gasteiger partial charge in [-0.25, -0.2) is 0 Å². The molecule has 0 spiro atoms. The SMILES string of the molecule is CN(CCCCCO)C(=O)C(C)(C)c1ccc(N)cc1. The van der Waals surface area contributed by atoms with Crippen LogP contribution in [0.5, 0.6) is 0 Å². The molecule has 0 aliphatic carbocycles. The van der Waals surface area contributed by atoms with Gasteiger partial charge in [0.2, 0.25) is 5.91 Å². The van der Waals surface area contributed by atoms with E-state index in [1.807, 2.05) is 45.2 Å². The van der Waals surface area contributed by atoms with Crippen molar-refractivity contribution in [3.05, 3.63) is 29.8 Å². The second-order valence-corrected chi connectivity index (χ2v) is 5.76. The molecule has 20 heavy (non-hydrogen) atoms. The highest BCUT2D eigenvalue weighted by Crippen LogP contribution is 2.26. The van der Waals surface area contributed by atoms with Crippen molar-refractivity contribution in [2.75, 3.05) is 25.9 Å². The number of likely N-dealkylation sites (N-methyl/N-ethyl adjacent to an activating group) is 1. The number of hydrogen-bond donors (Lipinski definition) is 2. The van der Waals surface area contributed by atoms with Gasteiger partial charge in [0.05, 0.1) is 5.41 Å². The number of nitrogen functional groups attached to an aromatic ring is 1. The molecule has 0 heterocycles. The van der Waals surface area contributed by atoms with Crippen molar-refractivity contribution in [3.8, 4) is 0 Å². The Morgan fingerprint density at radius 1 is 1.20 bits per heavy atom. The molecule has 0 unspecified atom stereocenters. The largest absolute Gasteiger partial charge is 0.399 e. The fourth-order valence-electron chi connectivity index (χ4n) is 2.24. The molecule has 0 aliphatic rings. The number of nitrogens with zero attached hydrogens (tertiary/aromatic N) is 1. The average molecular weight is 278 g/mol. The number of anilines is 1. The topological polar surface area (TPSA) is 66.6 Å². The van der Waals surface area contributed by atoms with Gasteiger partial charge in [-0.05, 0) is 50.8 Å². The molecule has 0 bridgehead atoms. The van der Waals surface area contributed by atoms with E-state index in [9.17, 15) is 4.79 Å². The molecule has 1 aromatic rings. The molecule has 0 fully saturated rings. The minimum absolute atomic E-state index is 0.103. The van der Waals surface area contributed by atoms with Gasteiger partial charge in [0.15, 0.2) is 0 Å². The van der Waals surface area contributed by atoms with Gasteiger partial charge < -0.3 is 15.7 Å². The third kappa shape index (κ3) is 4.23. The molecule has 0 saturated carbocycles. The fraction of sp³-hybridized carbons (Fsp3) is 0.562. The van der Waals surface area contributed by atoms with Crippen LogP contribution in [0.1, 0.15) is 38.7 Å². The molecule has 0 radical (unpaired) electrons. The highest BCUT2D eigenvalue weighted by atomic mass is 16.2. The summed E-state index contributed by atoms with van der Waals surface area (Å²) < 4.78 is 0. The molecule has 1 amide bonds. The molecule has 0 aromatic heterocycles. The number of carbonyl (C=O) groups excluding carboxylic acids is 1. The molecule has 112 valence electrons. The zero-order valence-electron chi connectivity index (χ0n) is 12.7. The number of amides is 1. The quantitative estimate of drug-likeness (QED) is 0.593. The number of rotatable bonds is 7. The van der Waals surface area contributed by atoms with E-state index in [0.29, 0.717) is 5.69 Å². The Morgan fingerprint density at radius 2 is 1.80 bits per heavy atom. The van der Waals surface area contributed by atoms with Crippen LogP contribution in [0.15, 0.2) is 24.3 Å². The number of benzene rings is 1. The van der Waals surface area contributed by atoms with Gasteiger partial charge in [0.25, 0.3) is 0 Å². The predicted molar refractivity (Wildman–Crippen MR) is 82.5 cm³/mol. The van der Waals surface area contributed by atoms with Gasteiger partial charge in [-0.15, -0.1) is 0 Å². The Kier molecular flexibility index (Phi) is 6.02. The first-order valence-corrected chi connectivity index (χ1v) is 7.12. The smallest absolute Gasteiger partial charge is 0.232 e. The maximum Gasteiger partial charge on any atom is 0.232 e. The van der Waals surface area contributed by atoms with Crippen LogP contribution >= 0.6 is 0 Å². The van der Waals surface area contributed by atoms with Crippen molar-refractivity contribution in [3.63, 3.8) is 0 Å². The summed E-state index contributed by atoms with van der Waals surface area (Å²) in [6.45, 7) is 4.81. The normalized spacial score (nSPS) is 11.4. The van der Waals surface area contributed by atoms with Gasteiger partial charge in [0, 0.05) is 25.9 Å². The minimum atomic E-state index is -0.556. The van der Waals surface area contributed by atoms with Crippen molar-refractivity contribution in [2.45, 2.75) is 38.5 Å². The molecule has 4 heteroatoms. The van der Waals surface area contributed by atoms with Crippen LogP contribution in [0, 0.1) is 0 Å². The summed E-state index contributed by atoms with van der Waals surface area (Å²) in [4.78, 5) is 14.3. The number of aliphatic hydroxyl groups excluding tert-OH is 1. The molecular formula is C16H26N2O2. The van der Waals surface area contributed by atoms with Crippen molar-refractivity contribution < 1.29 is 9.90 Å². The molecule has 1 rings (SSSR count). The number of unbranched alkanes of at least 4 members (excludes halogenated alkanes) is 2. The lowest BCUT2D eigenvalue weighted by Gasteiger charge is -2.30. The summed E-state index contributed by atoms with van der Waals surface area (Å²) in [6, 6.07) is 7.47. The van der Waals surface area contributed by atoms with Crippen LogP contribution < -0.4 is 5.73 Å². The third-order valence-corrected chi connectivity index (χ3v) is 3.67. The van der Waals surface area contributed by atoms with Gasteiger partial charge in [-0.3, -0.25) is 4.79 Å². The number of aliphatic hydroxyl groups is 1. The Hall–Kier alpha value is -1.55. The van der Waals surface area contributed by atoms with E-state index in [2.05, 4.69) is 0 Å². The second kappa shape index (κ2) is 7.29. The lowest BCUT2D eigenvalue weighted by molar-refractivity contribution is -0.135. The van der Waals surface area contributed by atoms with E-state index in [-0.39, 0.29) is 12.5 Å². The van der Waals surface area contributed by atoms with Crippen LogP contribution in [0.25, 0.3) is 0 Å². The van der Waals surface area contributed by atoms with Gasteiger partial charge in [0.1, 0.15) is 0 Å². The van der Waals surface area contributed by atoms with E-state index in [1.54, 1.807) is 4.90 Å². The summed E-state index contributed by atoms with van der Waals surface area (Å²) >= 11 is 0. The Labute approximate surface area is 121 Å². The highest BCUT2D eigenvalue weighted by molar-refractivity contribution is 5.87. The molecule has 0 aliphatic heterocycles. The Bertz CT molecular complexity index is 427. The van der Waals surface area contributed by atoms with Crippen molar-refractivity contribution >= 4 is 11.6 Å². The zero-order chi connectivity index (χ0) is 15.2. The monoisotopic (exact) mass is 278 g/mol. The first-order chi connectivity index (χ1) is 9.39. The molecule has 1 aromatic carbocycles. The first kappa shape index (κ1) is 16.5. The molecule has 0 atom stereocenters. The van der Waals surface area contributed by atoms with E-state index in [1.165, 1.54) is 0 Å². The van der Waals surface area contributed by atoms with E-state index >= 15 is 0 Å².